The van der Waals surface area contributed by atoms with Crippen molar-refractivity contribution in [3.05, 3.63) is 51.9 Å². The molecule has 104 valence electrons. The first-order chi connectivity index (χ1) is 9.51. The zero-order valence-electron chi connectivity index (χ0n) is 11.0. The summed E-state index contributed by atoms with van der Waals surface area (Å²) in [6.07, 6.45) is 1.06. The molecule has 1 heterocycles. The largest absolute Gasteiger partial charge is 0.372 e. The Morgan fingerprint density at radius 1 is 1.35 bits per heavy atom. The number of benzene rings is 1. The Balaban J connectivity index is 2.32. The summed E-state index contributed by atoms with van der Waals surface area (Å²) >= 11 is 3.35. The fourth-order valence-corrected chi connectivity index (χ4v) is 2.09. The SMILES string of the molecule is CNc1ncc(F)cc1C(=O)Nc1cc(Br)ccc1C. The summed E-state index contributed by atoms with van der Waals surface area (Å²) in [4.78, 5) is 16.1. The number of carbonyl (C=O) groups excluding carboxylic acids is 1. The summed E-state index contributed by atoms with van der Waals surface area (Å²) < 4.78 is 14.1. The fourth-order valence-electron chi connectivity index (χ4n) is 1.73. The molecule has 2 rings (SSSR count). The van der Waals surface area contributed by atoms with Crippen molar-refractivity contribution in [3.8, 4) is 0 Å². The third-order valence-electron chi connectivity index (χ3n) is 2.78. The van der Waals surface area contributed by atoms with Crippen LogP contribution in [0.25, 0.3) is 0 Å². The van der Waals surface area contributed by atoms with Crippen LogP contribution in [0.3, 0.4) is 0 Å². The number of hydrogen-bond donors (Lipinski definition) is 2. The molecule has 0 fully saturated rings. The molecule has 6 heteroatoms. The van der Waals surface area contributed by atoms with Gasteiger partial charge in [0.15, 0.2) is 0 Å². The average molecular weight is 338 g/mol. The van der Waals surface area contributed by atoms with Crippen LogP contribution in [0.5, 0.6) is 0 Å². The molecular formula is C14H13BrFN3O. The number of amides is 1. The van der Waals surface area contributed by atoms with E-state index in [9.17, 15) is 9.18 Å². The molecule has 2 aromatic rings. The molecular weight excluding hydrogens is 325 g/mol. The molecule has 0 radical (unpaired) electrons. The minimum atomic E-state index is -0.555. The van der Waals surface area contributed by atoms with Gasteiger partial charge in [-0.25, -0.2) is 9.37 Å². The van der Waals surface area contributed by atoms with E-state index in [2.05, 4.69) is 31.5 Å². The Morgan fingerprint density at radius 3 is 2.80 bits per heavy atom. The van der Waals surface area contributed by atoms with E-state index in [1.807, 2.05) is 19.1 Å². The first-order valence-electron chi connectivity index (χ1n) is 5.92. The molecule has 0 unspecified atom stereocenters. The van der Waals surface area contributed by atoms with Crippen LogP contribution in [0.4, 0.5) is 15.9 Å². The quantitative estimate of drug-likeness (QED) is 0.899. The van der Waals surface area contributed by atoms with Crippen LogP contribution in [0.15, 0.2) is 34.9 Å². The number of aryl methyl sites for hydroxylation is 1. The first-order valence-corrected chi connectivity index (χ1v) is 6.71. The summed E-state index contributed by atoms with van der Waals surface area (Å²) in [5, 5.41) is 5.52. The van der Waals surface area contributed by atoms with E-state index in [4.69, 9.17) is 0 Å². The zero-order valence-corrected chi connectivity index (χ0v) is 12.6. The Bertz CT molecular complexity index is 661. The summed E-state index contributed by atoms with van der Waals surface area (Å²) in [5.74, 6) is -0.640. The molecule has 20 heavy (non-hydrogen) atoms. The molecule has 1 amide bonds. The molecule has 0 bridgehead atoms. The molecule has 0 saturated heterocycles. The van der Waals surface area contributed by atoms with Crippen molar-refractivity contribution < 1.29 is 9.18 Å². The van der Waals surface area contributed by atoms with Gasteiger partial charge < -0.3 is 10.6 Å². The highest BCUT2D eigenvalue weighted by molar-refractivity contribution is 9.10. The van der Waals surface area contributed by atoms with E-state index in [0.717, 1.165) is 22.3 Å². The van der Waals surface area contributed by atoms with E-state index < -0.39 is 11.7 Å². The zero-order chi connectivity index (χ0) is 14.7. The molecule has 1 aromatic carbocycles. The Labute approximate surface area is 124 Å². The monoisotopic (exact) mass is 337 g/mol. The molecule has 1 aromatic heterocycles. The van der Waals surface area contributed by atoms with Crippen LogP contribution in [-0.2, 0) is 0 Å². The number of carbonyl (C=O) groups is 1. The second-order valence-corrected chi connectivity index (χ2v) is 5.13. The lowest BCUT2D eigenvalue weighted by Crippen LogP contribution is -2.16. The predicted octanol–water partition coefficient (Wildman–Crippen LogP) is 3.59. The maximum absolute atomic E-state index is 13.2. The van der Waals surface area contributed by atoms with Crippen molar-refractivity contribution in [1.29, 1.82) is 0 Å². The van der Waals surface area contributed by atoms with Gasteiger partial charge in [0, 0.05) is 17.2 Å². The first kappa shape index (κ1) is 14.5. The molecule has 2 N–H and O–H groups in total. The average Bonchev–Trinajstić information content (AvgIpc) is 2.42. The second-order valence-electron chi connectivity index (χ2n) is 4.21. The van der Waals surface area contributed by atoms with Crippen molar-refractivity contribution in [3.63, 3.8) is 0 Å². The van der Waals surface area contributed by atoms with Gasteiger partial charge in [0.2, 0.25) is 0 Å². The van der Waals surface area contributed by atoms with Gasteiger partial charge in [0.1, 0.15) is 11.6 Å². The number of nitrogens with one attached hydrogen (secondary N) is 2. The standard InChI is InChI=1S/C14H13BrFN3O/c1-8-3-4-9(15)5-12(8)19-14(20)11-6-10(16)7-18-13(11)17-2/h3-7H,1-2H3,(H,17,18)(H,19,20). The number of hydrogen-bond acceptors (Lipinski definition) is 3. The number of anilines is 2. The van der Waals surface area contributed by atoms with Crippen LogP contribution in [-0.4, -0.2) is 17.9 Å². The predicted molar refractivity (Wildman–Crippen MR) is 80.6 cm³/mol. The minimum Gasteiger partial charge on any atom is -0.372 e. The van der Waals surface area contributed by atoms with Crippen molar-refractivity contribution in [1.82, 2.24) is 4.98 Å². The molecule has 0 aliphatic heterocycles. The number of aromatic nitrogens is 1. The van der Waals surface area contributed by atoms with E-state index in [1.165, 1.54) is 0 Å². The smallest absolute Gasteiger partial charge is 0.259 e. The highest BCUT2D eigenvalue weighted by atomic mass is 79.9. The number of pyridine rings is 1. The third-order valence-corrected chi connectivity index (χ3v) is 3.28. The topological polar surface area (TPSA) is 54.0 Å². The molecule has 0 aliphatic rings. The van der Waals surface area contributed by atoms with Crippen LogP contribution in [0, 0.1) is 12.7 Å². The summed E-state index contributed by atoms with van der Waals surface area (Å²) in [5.41, 5.74) is 1.74. The molecule has 0 spiro atoms. The second kappa shape index (κ2) is 6.00. The maximum Gasteiger partial charge on any atom is 0.259 e. The van der Waals surface area contributed by atoms with Gasteiger partial charge in [-0.2, -0.15) is 0 Å². The normalized spacial score (nSPS) is 10.2. The molecule has 0 atom stereocenters. The van der Waals surface area contributed by atoms with Crippen LogP contribution in [0.2, 0.25) is 0 Å². The lowest BCUT2D eigenvalue weighted by molar-refractivity contribution is 0.102. The molecule has 0 saturated carbocycles. The highest BCUT2D eigenvalue weighted by Gasteiger charge is 2.14. The van der Waals surface area contributed by atoms with Crippen molar-refractivity contribution >= 4 is 33.3 Å². The Hall–Kier alpha value is -1.95. The van der Waals surface area contributed by atoms with E-state index in [-0.39, 0.29) is 5.56 Å². The van der Waals surface area contributed by atoms with Crippen molar-refractivity contribution in [2.75, 3.05) is 17.7 Å². The van der Waals surface area contributed by atoms with Gasteiger partial charge >= 0.3 is 0 Å². The number of rotatable bonds is 3. The lowest BCUT2D eigenvalue weighted by Gasteiger charge is -2.11. The summed E-state index contributed by atoms with van der Waals surface area (Å²) in [6, 6.07) is 6.71. The summed E-state index contributed by atoms with van der Waals surface area (Å²) in [6.45, 7) is 1.88. The van der Waals surface area contributed by atoms with Gasteiger partial charge in [-0.1, -0.05) is 22.0 Å². The lowest BCUT2D eigenvalue weighted by atomic mass is 10.2. The molecule has 0 aliphatic carbocycles. The maximum atomic E-state index is 13.2. The Morgan fingerprint density at radius 2 is 2.10 bits per heavy atom. The Kier molecular flexibility index (Phi) is 4.34. The van der Waals surface area contributed by atoms with Crippen molar-refractivity contribution in [2.45, 2.75) is 6.92 Å². The van der Waals surface area contributed by atoms with E-state index >= 15 is 0 Å². The fraction of sp³-hybridized carbons (Fsp3) is 0.143. The van der Waals surface area contributed by atoms with Gasteiger partial charge in [0.25, 0.3) is 5.91 Å². The van der Waals surface area contributed by atoms with Gasteiger partial charge in [-0.3, -0.25) is 4.79 Å². The van der Waals surface area contributed by atoms with Gasteiger partial charge in [-0.15, -0.1) is 0 Å². The van der Waals surface area contributed by atoms with Gasteiger partial charge in [0.05, 0.1) is 11.8 Å². The van der Waals surface area contributed by atoms with Crippen LogP contribution in [0.1, 0.15) is 15.9 Å². The van der Waals surface area contributed by atoms with Crippen LogP contribution >= 0.6 is 15.9 Å². The van der Waals surface area contributed by atoms with E-state index in [0.29, 0.717) is 11.5 Å². The minimum absolute atomic E-state index is 0.159. The van der Waals surface area contributed by atoms with Gasteiger partial charge in [-0.05, 0) is 30.7 Å². The number of halogens is 2. The third kappa shape index (κ3) is 3.14. The number of nitrogens with zero attached hydrogens (tertiary/aromatic N) is 1. The van der Waals surface area contributed by atoms with Crippen molar-refractivity contribution in [2.24, 2.45) is 0 Å². The van der Waals surface area contributed by atoms with Crippen LogP contribution < -0.4 is 10.6 Å². The highest BCUT2D eigenvalue weighted by Crippen LogP contribution is 2.22. The summed E-state index contributed by atoms with van der Waals surface area (Å²) in [7, 11) is 1.63. The van der Waals surface area contributed by atoms with E-state index in [1.54, 1.807) is 13.1 Å². The molecule has 4 nitrogen and oxygen atoms in total.